The topological polar surface area (TPSA) is 18.5 Å². The summed E-state index contributed by atoms with van der Waals surface area (Å²) in [6, 6.07) is 30.0. The summed E-state index contributed by atoms with van der Waals surface area (Å²) in [6.07, 6.45) is -39.5. The van der Waals surface area contributed by atoms with Crippen LogP contribution in [0.1, 0.15) is 29.2 Å². The Bertz CT molecular complexity index is 3180. The number of para-hydroxylation sites is 1. The summed E-state index contributed by atoms with van der Waals surface area (Å²) in [5, 5.41) is 0. The van der Waals surface area contributed by atoms with E-state index in [0.29, 0.717) is 13.2 Å². The second kappa shape index (κ2) is 23.7. The summed E-state index contributed by atoms with van der Waals surface area (Å²) in [7, 11) is 0. The van der Waals surface area contributed by atoms with Gasteiger partial charge in [0.1, 0.15) is 29.4 Å². The molecule has 0 amide bonds. The molecule has 7 rings (SSSR count). The number of hydrogen-bond acceptors (Lipinski definition) is 2. The summed E-state index contributed by atoms with van der Waals surface area (Å²) in [5.74, 6) is -68.8. The van der Waals surface area contributed by atoms with Crippen LogP contribution in [-0.2, 0) is 29.4 Å². The van der Waals surface area contributed by atoms with E-state index in [1.165, 1.54) is 13.4 Å². The molecule has 2 nitrogen and oxygen atoms in total. The van der Waals surface area contributed by atoms with Gasteiger partial charge in [-0.15, -0.1) is 21.9 Å². The van der Waals surface area contributed by atoms with E-state index in [-0.39, 0.29) is 0 Å². The number of benzene rings is 7. The first-order valence-electron chi connectivity index (χ1n) is 22.0. The van der Waals surface area contributed by atoms with Crippen molar-refractivity contribution in [2.24, 2.45) is 0 Å². The molecule has 0 saturated carbocycles. The normalized spacial score (nSPS) is 12.5. The van der Waals surface area contributed by atoms with Crippen LogP contribution in [0.15, 0.2) is 84.9 Å². The van der Waals surface area contributed by atoms with Crippen molar-refractivity contribution >= 4 is 55.3 Å². The van der Waals surface area contributed by atoms with E-state index < -0.39 is 182 Å². The zero-order valence-electron chi connectivity index (χ0n) is 39.6. The molecule has 0 radical (unpaired) electrons. The maximum atomic E-state index is 16.0. The van der Waals surface area contributed by atoms with Gasteiger partial charge in [-0.25, -0.2) is 70.2 Å². The minimum atomic E-state index is -8.89. The number of halogens is 28. The van der Waals surface area contributed by atoms with Crippen LogP contribution < -0.4 is 40.0 Å². The van der Waals surface area contributed by atoms with Gasteiger partial charge in [0.15, 0.2) is 69.8 Å². The molecular formula is C50H23BF28O2Se. The number of rotatable bonds is 12. The third-order valence-corrected chi connectivity index (χ3v) is 16.5. The molecule has 0 aliphatic heterocycles. The molecule has 0 fully saturated rings. The van der Waals surface area contributed by atoms with Crippen LogP contribution in [0.2, 0.25) is 0 Å². The maximum Gasteiger partial charge on any atom is 0.416 e. The van der Waals surface area contributed by atoms with E-state index in [0.717, 1.165) is 12.4 Å². The van der Waals surface area contributed by atoms with Gasteiger partial charge in [0.25, 0.3) is 0 Å². The molecule has 0 N–H and O–H groups in total. The SMILES string of the molecule is CCOCCOc1ccccc1[Se+](c1ccccc1)c1ccccc1.Fc1c(F)c(F)c(C(F)(F)F)c([B-](c2c(F)c(F)c(F)c(F)c2C(F)(F)F)(c2c(F)c(F)c(F)c(F)c2C(F)(F)F)c2c(F)c(F)c(F)c(F)c2C(F)(F)F)c1F. The van der Waals surface area contributed by atoms with Crippen molar-refractivity contribution in [3.05, 3.63) is 200 Å². The smallest absolute Gasteiger partial charge is 0.207 e. The van der Waals surface area contributed by atoms with Gasteiger partial charge in [0, 0.05) is 0 Å². The molecule has 7 aromatic carbocycles. The first-order chi connectivity index (χ1) is 37.9. The van der Waals surface area contributed by atoms with Gasteiger partial charge in [-0.3, -0.25) is 0 Å². The molecule has 0 aromatic heterocycles. The van der Waals surface area contributed by atoms with Crippen LogP contribution in [0, 0.1) is 93.1 Å². The minimum absolute atomic E-state index is 0.577. The molecule has 0 bridgehead atoms. The Balaban J connectivity index is 0.000000357. The molecular weight excluding hydrogens is 1250 g/mol. The Hall–Kier alpha value is -7.08. The Kier molecular flexibility index (Phi) is 18.5. The van der Waals surface area contributed by atoms with Crippen LogP contribution in [0.25, 0.3) is 0 Å². The van der Waals surface area contributed by atoms with E-state index in [9.17, 15) is 87.8 Å². The standard InChI is InChI=1S/C28BF28.C22H23O2Se/c30-9-1(25(46,47)48)5(13(34)21(42)17(9)38)29(6-2(26(49,50)51)10(31)18(39)22(43)14(6)35,7-3(27(52,53)54)11(32)19(40)23(44)15(7)36)8-4(28(55,56)57)12(33)20(41)24(45)16(8)37;1-2-23-17-18-24-21-15-9-10-16-22(21)25(19-11-5-3-6-12-19)20-13-7-4-8-14-20/h;3-16H,2,17-18H2,1H3/q-1;+1. The van der Waals surface area contributed by atoms with Gasteiger partial charge in [0.05, 0.1) is 22.3 Å². The van der Waals surface area contributed by atoms with Gasteiger partial charge >= 0.3 is 179 Å². The molecule has 0 saturated heterocycles. The largest absolute Gasteiger partial charge is 0.416 e. The van der Waals surface area contributed by atoms with E-state index in [4.69, 9.17) is 9.47 Å². The van der Waals surface area contributed by atoms with Gasteiger partial charge in [-0.05, 0) is 0 Å². The number of hydrogen-bond donors (Lipinski definition) is 0. The van der Waals surface area contributed by atoms with Gasteiger partial charge in [0.2, 0.25) is 0 Å². The zero-order valence-corrected chi connectivity index (χ0v) is 41.3. The van der Waals surface area contributed by atoms with E-state index in [1.807, 2.05) is 13.0 Å². The Morgan fingerprint density at radius 3 is 0.854 bits per heavy atom. The molecule has 0 atom stereocenters. The van der Waals surface area contributed by atoms with Crippen molar-refractivity contribution in [1.29, 1.82) is 0 Å². The van der Waals surface area contributed by atoms with Gasteiger partial charge < -0.3 is 0 Å². The Labute approximate surface area is 444 Å². The number of alkyl halides is 12. The monoisotopic (exact) mass is 1280 g/mol. The third-order valence-electron chi connectivity index (χ3n) is 11.8. The fourth-order valence-electron chi connectivity index (χ4n) is 8.79. The van der Waals surface area contributed by atoms with Crippen LogP contribution in [0.3, 0.4) is 0 Å². The molecule has 0 aliphatic carbocycles. The first-order valence-corrected chi connectivity index (χ1v) is 24.6. The summed E-state index contributed by atoms with van der Waals surface area (Å²) >= 11 is -1.40. The molecule has 0 unspecified atom stereocenters. The van der Waals surface area contributed by atoms with Crippen molar-refractivity contribution in [3.63, 3.8) is 0 Å². The Morgan fingerprint density at radius 2 is 0.585 bits per heavy atom. The van der Waals surface area contributed by atoms with Crippen LogP contribution in [0.5, 0.6) is 5.75 Å². The summed E-state index contributed by atoms with van der Waals surface area (Å²) in [6.45, 7) is 3.91. The Morgan fingerprint density at radius 1 is 0.329 bits per heavy atom. The average molecular weight is 1280 g/mol. The molecule has 440 valence electrons. The van der Waals surface area contributed by atoms with Crippen molar-refractivity contribution in [2.45, 2.75) is 31.6 Å². The average Bonchev–Trinajstić information content (AvgIpc) is 0.748. The molecule has 7 aromatic rings. The first kappa shape index (κ1) is 64.1. The summed E-state index contributed by atoms with van der Waals surface area (Å²) in [4.78, 5) is 0. The van der Waals surface area contributed by atoms with Crippen LogP contribution in [-0.4, -0.2) is 39.9 Å². The van der Waals surface area contributed by atoms with Crippen LogP contribution in [0.4, 0.5) is 123 Å². The fraction of sp³-hybridized carbons (Fsp3) is 0.160. The van der Waals surface area contributed by atoms with Crippen molar-refractivity contribution in [3.8, 4) is 5.75 Å². The third kappa shape index (κ3) is 11.4. The van der Waals surface area contributed by atoms with Crippen molar-refractivity contribution in [2.75, 3.05) is 19.8 Å². The molecule has 32 heteroatoms. The molecule has 0 spiro atoms. The quantitative estimate of drug-likeness (QED) is 0.0399. The summed E-state index contributed by atoms with van der Waals surface area (Å²) < 4.78 is 433. The van der Waals surface area contributed by atoms with E-state index in [2.05, 4.69) is 78.9 Å². The second-order valence-corrected chi connectivity index (χ2v) is 20.6. The number of ether oxygens (including phenoxy) is 2. The van der Waals surface area contributed by atoms with E-state index >= 15 is 35.1 Å². The zero-order chi connectivity index (χ0) is 61.7. The van der Waals surface area contributed by atoms with E-state index in [1.54, 1.807) is 0 Å². The fourth-order valence-corrected chi connectivity index (χ4v) is 13.4. The molecule has 0 heterocycles. The van der Waals surface area contributed by atoms with Crippen molar-refractivity contribution < 1.29 is 132 Å². The van der Waals surface area contributed by atoms with Crippen molar-refractivity contribution in [1.82, 2.24) is 0 Å². The molecule has 82 heavy (non-hydrogen) atoms. The predicted molar refractivity (Wildman–Crippen MR) is 235 cm³/mol. The predicted octanol–water partition coefficient (Wildman–Crippen LogP) is 12.0. The molecule has 0 aliphatic rings. The van der Waals surface area contributed by atoms with Crippen LogP contribution >= 0.6 is 0 Å². The minimum Gasteiger partial charge on any atom is -0.207 e. The maximum absolute atomic E-state index is 16.0. The van der Waals surface area contributed by atoms with Gasteiger partial charge in [-0.2, -0.15) is 52.7 Å². The summed E-state index contributed by atoms with van der Waals surface area (Å²) in [5.41, 5.74) is -38.1. The second-order valence-electron chi connectivity index (χ2n) is 16.5. The van der Waals surface area contributed by atoms with Gasteiger partial charge in [-0.1, -0.05) is 0 Å².